The fourth-order valence-corrected chi connectivity index (χ4v) is 4.72. The highest BCUT2D eigenvalue weighted by atomic mass is 19.4. The summed E-state index contributed by atoms with van der Waals surface area (Å²) in [4.78, 5) is 10.8. The third kappa shape index (κ3) is 4.00. The van der Waals surface area contributed by atoms with E-state index in [1.54, 1.807) is 6.20 Å². The molecule has 6 rings (SSSR count). The van der Waals surface area contributed by atoms with E-state index in [-0.39, 0.29) is 13.1 Å². The molecule has 1 fully saturated rings. The number of pyridine rings is 2. The first-order chi connectivity index (χ1) is 16.9. The van der Waals surface area contributed by atoms with Gasteiger partial charge in [-0.15, -0.1) is 10.2 Å². The van der Waals surface area contributed by atoms with E-state index in [0.717, 1.165) is 45.2 Å². The Labute approximate surface area is 199 Å². The van der Waals surface area contributed by atoms with Gasteiger partial charge in [-0.25, -0.2) is 9.97 Å². The minimum Gasteiger partial charge on any atom is -0.383 e. The fraction of sp³-hybridized carbons (Fsp3) is 0.333. The molecule has 0 unspecified atom stereocenters. The number of hydrogen-bond donors (Lipinski definition) is 2. The summed E-state index contributed by atoms with van der Waals surface area (Å²) < 4.78 is 40.6. The summed E-state index contributed by atoms with van der Waals surface area (Å²) in [6, 6.07) is 9.93. The lowest BCUT2D eigenvalue weighted by atomic mass is 10.0. The Balaban J connectivity index is 1.24. The maximum atomic E-state index is 13.2. The van der Waals surface area contributed by atoms with Crippen LogP contribution in [0.25, 0.3) is 10.8 Å². The largest absolute Gasteiger partial charge is 0.451 e. The second-order valence-corrected chi connectivity index (χ2v) is 8.98. The highest BCUT2D eigenvalue weighted by Crippen LogP contribution is 2.43. The Bertz CT molecular complexity index is 1410. The molecule has 0 radical (unpaired) electrons. The van der Waals surface area contributed by atoms with Crippen LogP contribution >= 0.6 is 0 Å². The molecule has 4 aromatic rings. The number of fused-ring (bicyclic) bond motifs is 2. The minimum atomic E-state index is -4.51. The second kappa shape index (κ2) is 8.10. The zero-order valence-electron chi connectivity index (χ0n) is 18.8. The quantitative estimate of drug-likeness (QED) is 0.439. The zero-order chi connectivity index (χ0) is 24.2. The van der Waals surface area contributed by atoms with Crippen LogP contribution in [0.1, 0.15) is 41.5 Å². The van der Waals surface area contributed by atoms with Crippen LogP contribution in [0.5, 0.6) is 0 Å². The summed E-state index contributed by atoms with van der Waals surface area (Å²) in [7, 11) is 0. The van der Waals surface area contributed by atoms with Crippen molar-refractivity contribution in [3.8, 4) is 0 Å². The molecule has 3 aromatic heterocycles. The third-order valence-electron chi connectivity index (χ3n) is 6.66. The second-order valence-electron chi connectivity index (χ2n) is 8.98. The van der Waals surface area contributed by atoms with Crippen LogP contribution in [-0.2, 0) is 25.8 Å². The van der Waals surface area contributed by atoms with Crippen molar-refractivity contribution in [3.05, 3.63) is 65.5 Å². The monoisotopic (exact) mass is 480 g/mol. The molecular formula is C24H23F3N8. The van der Waals surface area contributed by atoms with Crippen molar-refractivity contribution in [1.29, 1.82) is 0 Å². The summed E-state index contributed by atoms with van der Waals surface area (Å²) in [6.07, 6.45) is 1.31. The van der Waals surface area contributed by atoms with E-state index < -0.39 is 12.0 Å². The van der Waals surface area contributed by atoms with E-state index in [9.17, 15) is 13.2 Å². The third-order valence-corrected chi connectivity index (χ3v) is 6.66. The summed E-state index contributed by atoms with van der Waals surface area (Å²) in [5.41, 5.74) is 9.33. The van der Waals surface area contributed by atoms with Crippen molar-refractivity contribution in [2.45, 2.75) is 44.6 Å². The lowest BCUT2D eigenvalue weighted by Crippen LogP contribution is -2.35. The lowest BCUT2D eigenvalue weighted by molar-refractivity contribution is -0.147. The predicted octanol–water partition coefficient (Wildman–Crippen LogP) is 4.33. The van der Waals surface area contributed by atoms with Gasteiger partial charge in [0.2, 0.25) is 5.82 Å². The highest BCUT2D eigenvalue weighted by molar-refractivity contribution is 5.99. The molecule has 0 bridgehead atoms. The molecule has 1 aromatic carbocycles. The molecule has 11 heteroatoms. The average Bonchev–Trinajstić information content (AvgIpc) is 3.60. The Morgan fingerprint density at radius 3 is 2.71 bits per heavy atom. The van der Waals surface area contributed by atoms with Gasteiger partial charge in [-0.1, -0.05) is 12.1 Å². The van der Waals surface area contributed by atoms with Gasteiger partial charge in [-0.3, -0.25) is 0 Å². The molecule has 4 heterocycles. The number of nitrogens with one attached hydrogen (secondary N) is 1. The number of anilines is 3. The van der Waals surface area contributed by atoms with Crippen molar-refractivity contribution in [1.82, 2.24) is 24.7 Å². The van der Waals surface area contributed by atoms with Gasteiger partial charge >= 0.3 is 6.18 Å². The molecule has 3 N–H and O–H groups in total. The minimum absolute atomic E-state index is 0.167. The molecule has 1 aliphatic carbocycles. The van der Waals surface area contributed by atoms with Crippen molar-refractivity contribution in [3.63, 3.8) is 0 Å². The van der Waals surface area contributed by atoms with Crippen LogP contribution < -0.4 is 16.0 Å². The Kier molecular flexibility index (Phi) is 5.01. The number of rotatable bonds is 5. The molecule has 0 atom stereocenters. The average molecular weight is 480 g/mol. The summed E-state index contributed by atoms with van der Waals surface area (Å²) >= 11 is 0. The lowest BCUT2D eigenvalue weighted by Gasteiger charge is -2.29. The van der Waals surface area contributed by atoms with Crippen molar-refractivity contribution in [2.24, 2.45) is 0 Å². The van der Waals surface area contributed by atoms with Crippen LogP contribution in [-0.4, -0.2) is 31.3 Å². The molecule has 1 aliphatic heterocycles. The number of alkyl halides is 3. The number of nitrogen functional groups attached to an aromatic ring is 1. The molecule has 0 saturated heterocycles. The van der Waals surface area contributed by atoms with E-state index in [2.05, 4.69) is 31.5 Å². The molecule has 0 spiro atoms. The Morgan fingerprint density at radius 1 is 1.06 bits per heavy atom. The van der Waals surface area contributed by atoms with Crippen molar-refractivity contribution < 1.29 is 13.2 Å². The van der Waals surface area contributed by atoms with Gasteiger partial charge in [0.25, 0.3) is 0 Å². The summed E-state index contributed by atoms with van der Waals surface area (Å²) in [6.45, 7) is 1.42. The van der Waals surface area contributed by atoms with E-state index in [1.807, 2.05) is 35.4 Å². The van der Waals surface area contributed by atoms with Gasteiger partial charge in [0.1, 0.15) is 11.6 Å². The highest BCUT2D eigenvalue weighted by Gasteiger charge is 2.39. The molecule has 0 amide bonds. The number of benzene rings is 1. The number of halogens is 3. The van der Waals surface area contributed by atoms with Crippen LogP contribution in [0, 0.1) is 0 Å². The molecule has 1 saturated carbocycles. The molecule has 8 nitrogen and oxygen atoms in total. The van der Waals surface area contributed by atoms with Gasteiger partial charge in [-0.2, -0.15) is 13.2 Å². The number of nitrogens with zero attached hydrogens (tertiary/aromatic N) is 6. The van der Waals surface area contributed by atoms with E-state index in [1.165, 1.54) is 5.56 Å². The van der Waals surface area contributed by atoms with Gasteiger partial charge in [0.15, 0.2) is 5.82 Å². The normalized spacial score (nSPS) is 15.9. The Hall–Kier alpha value is -3.89. The van der Waals surface area contributed by atoms with Gasteiger partial charge in [-0.05, 0) is 48.1 Å². The van der Waals surface area contributed by atoms with Gasteiger partial charge in [0.05, 0.1) is 6.54 Å². The van der Waals surface area contributed by atoms with Crippen molar-refractivity contribution >= 4 is 28.1 Å². The van der Waals surface area contributed by atoms with Crippen LogP contribution in [0.15, 0.2) is 42.7 Å². The number of nitrogens with two attached hydrogens (primary N) is 1. The first-order valence-corrected chi connectivity index (χ1v) is 11.5. The maximum Gasteiger partial charge on any atom is 0.451 e. The summed E-state index contributed by atoms with van der Waals surface area (Å²) in [5, 5.41) is 12.6. The van der Waals surface area contributed by atoms with Crippen molar-refractivity contribution in [2.75, 3.05) is 22.5 Å². The van der Waals surface area contributed by atoms with Crippen LogP contribution in [0.4, 0.5) is 30.5 Å². The first-order valence-electron chi connectivity index (χ1n) is 11.5. The first kappa shape index (κ1) is 21.6. The molecule has 35 heavy (non-hydrogen) atoms. The van der Waals surface area contributed by atoms with E-state index in [4.69, 9.17) is 5.73 Å². The zero-order valence-corrected chi connectivity index (χ0v) is 18.8. The molecular weight excluding hydrogens is 457 g/mol. The van der Waals surface area contributed by atoms with Crippen LogP contribution in [0.3, 0.4) is 0 Å². The fourth-order valence-electron chi connectivity index (χ4n) is 4.72. The Morgan fingerprint density at radius 2 is 1.91 bits per heavy atom. The molecule has 2 aliphatic rings. The van der Waals surface area contributed by atoms with E-state index >= 15 is 0 Å². The van der Waals surface area contributed by atoms with Gasteiger partial charge in [0, 0.05) is 48.5 Å². The standard InChI is InChI=1S/C24H23F3N8/c25-24(26,27)23-33-32-21-13-34(8-9-35(21)23)20-10-18(14-4-5-14)15(12-31-20)11-30-19-3-1-2-17-16(19)6-7-29-22(17)28/h1-3,6-7,10,12,14,30H,4-5,8-9,11,13H2,(H2,28,29). The summed E-state index contributed by atoms with van der Waals surface area (Å²) in [5.74, 6) is 1.09. The topological polar surface area (TPSA) is 97.8 Å². The maximum absolute atomic E-state index is 13.2. The van der Waals surface area contributed by atoms with Gasteiger partial charge < -0.3 is 20.5 Å². The smallest absolute Gasteiger partial charge is 0.383 e. The van der Waals surface area contributed by atoms with Crippen LogP contribution in [0.2, 0.25) is 0 Å². The van der Waals surface area contributed by atoms with E-state index in [0.29, 0.717) is 30.6 Å². The predicted molar refractivity (Wildman–Crippen MR) is 126 cm³/mol. The number of hydrogen-bond acceptors (Lipinski definition) is 7. The SMILES string of the molecule is Nc1nccc2c(NCc3cnc(N4CCn5c(nnc5C(F)(F)F)C4)cc3C3CC3)cccc12. The number of aromatic nitrogens is 5. The molecule has 180 valence electrons.